The third kappa shape index (κ3) is 2.55. The average Bonchev–Trinajstić information content (AvgIpc) is 2.17. The molecule has 0 aliphatic rings. The molecule has 3 heteroatoms. The average molecular weight is 190 g/mol. The summed E-state index contributed by atoms with van der Waals surface area (Å²) in [6.45, 7) is 3.65. The molecular weight excluding hydrogens is 180 g/mol. The first kappa shape index (κ1) is 10.2. The van der Waals surface area contributed by atoms with Gasteiger partial charge in [0.05, 0.1) is 6.42 Å². The number of carbonyl (C=O) groups excluding carboxylic acids is 1. The maximum absolute atomic E-state index is 10.4. The fraction of sp³-hybridized carbons (Fsp3) is 0.0909. The van der Waals surface area contributed by atoms with Crippen molar-refractivity contribution in [3.05, 3.63) is 42.0 Å². The Kier molecular flexibility index (Phi) is 3.18. The summed E-state index contributed by atoms with van der Waals surface area (Å²) >= 11 is 0. The van der Waals surface area contributed by atoms with E-state index in [1.807, 2.05) is 0 Å². The topological polar surface area (TPSA) is 54.4 Å². The van der Waals surface area contributed by atoms with Gasteiger partial charge in [-0.1, -0.05) is 30.8 Å². The van der Waals surface area contributed by atoms with Gasteiger partial charge in [-0.15, -0.1) is 0 Å². The molecular formula is C11H10O3. The molecule has 1 aromatic rings. The van der Waals surface area contributed by atoms with Crippen LogP contribution in [0.3, 0.4) is 0 Å². The summed E-state index contributed by atoms with van der Waals surface area (Å²) in [5.74, 6) is -0.908. The quantitative estimate of drug-likeness (QED) is 0.738. The molecule has 0 aromatic heterocycles. The van der Waals surface area contributed by atoms with Crippen molar-refractivity contribution in [1.29, 1.82) is 0 Å². The first-order chi connectivity index (χ1) is 6.63. The zero-order chi connectivity index (χ0) is 10.6. The van der Waals surface area contributed by atoms with Gasteiger partial charge < -0.3 is 5.11 Å². The molecule has 1 aromatic carbocycles. The number of aliphatic carboxylic acids is 1. The highest BCUT2D eigenvalue weighted by atomic mass is 16.4. The van der Waals surface area contributed by atoms with Crippen molar-refractivity contribution in [1.82, 2.24) is 0 Å². The smallest absolute Gasteiger partial charge is 0.307 e. The Bertz CT molecular complexity index is 363. The van der Waals surface area contributed by atoms with E-state index in [4.69, 9.17) is 5.11 Å². The minimum Gasteiger partial charge on any atom is -0.481 e. The van der Waals surface area contributed by atoms with Crippen LogP contribution in [0.15, 0.2) is 30.8 Å². The molecule has 0 radical (unpaired) electrons. The highest BCUT2D eigenvalue weighted by Gasteiger charge is 2.03. The van der Waals surface area contributed by atoms with Crippen molar-refractivity contribution >= 4 is 17.8 Å². The van der Waals surface area contributed by atoms with E-state index < -0.39 is 5.97 Å². The predicted octanol–water partition coefficient (Wildman–Crippen LogP) is 1.99. The zero-order valence-corrected chi connectivity index (χ0v) is 7.56. The van der Waals surface area contributed by atoms with Gasteiger partial charge in [-0.3, -0.25) is 9.59 Å². The number of hydrogen-bond acceptors (Lipinski definition) is 2. The summed E-state index contributed by atoms with van der Waals surface area (Å²) in [4.78, 5) is 20.7. The van der Waals surface area contributed by atoms with E-state index in [0.717, 1.165) is 11.8 Å². The van der Waals surface area contributed by atoms with E-state index in [2.05, 4.69) is 6.58 Å². The van der Waals surface area contributed by atoms with Gasteiger partial charge in [-0.25, -0.2) is 0 Å². The first-order valence-corrected chi connectivity index (χ1v) is 4.08. The number of benzene rings is 1. The SMILES string of the molecule is C=C(CC(=O)O)c1ccc(C=O)cc1. The number of carbonyl (C=O) groups is 2. The molecule has 0 amide bonds. The standard InChI is InChI=1S/C11H10O3/c1-8(6-11(13)14)10-4-2-9(7-12)3-5-10/h2-5,7H,1,6H2,(H,13,14). The Hall–Kier alpha value is -1.90. The van der Waals surface area contributed by atoms with E-state index in [-0.39, 0.29) is 6.42 Å². The second kappa shape index (κ2) is 4.37. The number of carboxylic acids is 1. The molecule has 0 saturated heterocycles. The van der Waals surface area contributed by atoms with Crippen molar-refractivity contribution in [3.63, 3.8) is 0 Å². The Morgan fingerprint density at radius 1 is 1.36 bits per heavy atom. The van der Waals surface area contributed by atoms with E-state index in [1.165, 1.54) is 0 Å². The van der Waals surface area contributed by atoms with E-state index >= 15 is 0 Å². The summed E-state index contributed by atoms with van der Waals surface area (Å²) in [5, 5.41) is 8.53. The van der Waals surface area contributed by atoms with Gasteiger partial charge in [-0.2, -0.15) is 0 Å². The van der Waals surface area contributed by atoms with Crippen molar-refractivity contribution in [2.45, 2.75) is 6.42 Å². The maximum Gasteiger partial charge on any atom is 0.307 e. The minimum atomic E-state index is -0.908. The molecule has 1 N–H and O–H groups in total. The third-order valence-corrected chi connectivity index (χ3v) is 1.82. The molecule has 1 rings (SSSR count). The van der Waals surface area contributed by atoms with Crippen LogP contribution < -0.4 is 0 Å². The van der Waals surface area contributed by atoms with Gasteiger partial charge in [0.15, 0.2) is 0 Å². The summed E-state index contributed by atoms with van der Waals surface area (Å²) in [6.07, 6.45) is 0.657. The Morgan fingerprint density at radius 2 is 1.93 bits per heavy atom. The highest BCUT2D eigenvalue weighted by molar-refractivity contribution is 5.84. The normalized spacial score (nSPS) is 9.43. The lowest BCUT2D eigenvalue weighted by Gasteiger charge is -2.02. The molecule has 0 unspecified atom stereocenters. The van der Waals surface area contributed by atoms with Crippen LogP contribution in [0, 0.1) is 0 Å². The summed E-state index contributed by atoms with van der Waals surface area (Å²) in [6, 6.07) is 6.65. The van der Waals surface area contributed by atoms with Crippen LogP contribution in [0.25, 0.3) is 5.57 Å². The zero-order valence-electron chi connectivity index (χ0n) is 7.56. The van der Waals surface area contributed by atoms with Crippen molar-refractivity contribution in [3.8, 4) is 0 Å². The van der Waals surface area contributed by atoms with Crippen LogP contribution in [0.2, 0.25) is 0 Å². The molecule has 0 aliphatic carbocycles. The van der Waals surface area contributed by atoms with Gasteiger partial charge in [0.1, 0.15) is 6.29 Å². The molecule has 0 spiro atoms. The van der Waals surface area contributed by atoms with E-state index in [0.29, 0.717) is 11.1 Å². The molecule has 0 atom stereocenters. The fourth-order valence-corrected chi connectivity index (χ4v) is 1.08. The number of aldehydes is 1. The monoisotopic (exact) mass is 190 g/mol. The number of rotatable bonds is 4. The van der Waals surface area contributed by atoms with Gasteiger partial charge in [0.2, 0.25) is 0 Å². The van der Waals surface area contributed by atoms with Crippen LogP contribution >= 0.6 is 0 Å². The fourth-order valence-electron chi connectivity index (χ4n) is 1.08. The lowest BCUT2D eigenvalue weighted by atomic mass is 10.0. The van der Waals surface area contributed by atoms with Crippen molar-refractivity contribution in [2.75, 3.05) is 0 Å². The molecule has 0 aliphatic heterocycles. The molecule has 0 bridgehead atoms. The predicted molar refractivity (Wildman–Crippen MR) is 53.1 cm³/mol. The van der Waals surface area contributed by atoms with Crippen molar-refractivity contribution in [2.24, 2.45) is 0 Å². The molecule has 72 valence electrons. The van der Waals surface area contributed by atoms with Crippen LogP contribution in [0.4, 0.5) is 0 Å². The second-order valence-electron chi connectivity index (χ2n) is 2.91. The van der Waals surface area contributed by atoms with Gasteiger partial charge >= 0.3 is 5.97 Å². The lowest BCUT2D eigenvalue weighted by molar-refractivity contribution is -0.135. The largest absolute Gasteiger partial charge is 0.481 e. The Labute approximate surface area is 81.7 Å². The third-order valence-electron chi connectivity index (χ3n) is 1.82. The van der Waals surface area contributed by atoms with E-state index in [9.17, 15) is 9.59 Å². The molecule has 0 saturated carbocycles. The second-order valence-corrected chi connectivity index (χ2v) is 2.91. The summed E-state index contributed by atoms with van der Waals surface area (Å²) < 4.78 is 0. The van der Waals surface area contributed by atoms with Crippen LogP contribution in [0.1, 0.15) is 22.3 Å². The Balaban J connectivity index is 2.81. The maximum atomic E-state index is 10.4. The molecule has 0 fully saturated rings. The Morgan fingerprint density at radius 3 is 2.36 bits per heavy atom. The number of hydrogen-bond donors (Lipinski definition) is 1. The van der Waals surface area contributed by atoms with Gasteiger partial charge in [0.25, 0.3) is 0 Å². The van der Waals surface area contributed by atoms with Gasteiger partial charge in [-0.05, 0) is 11.1 Å². The highest BCUT2D eigenvalue weighted by Crippen LogP contribution is 2.16. The molecule has 14 heavy (non-hydrogen) atoms. The van der Waals surface area contributed by atoms with Gasteiger partial charge in [0, 0.05) is 5.56 Å². The van der Waals surface area contributed by atoms with E-state index in [1.54, 1.807) is 24.3 Å². The minimum absolute atomic E-state index is 0.0829. The number of carboxylic acid groups (broad SMARTS) is 1. The molecule has 3 nitrogen and oxygen atoms in total. The first-order valence-electron chi connectivity index (χ1n) is 4.08. The van der Waals surface area contributed by atoms with Crippen LogP contribution in [-0.4, -0.2) is 17.4 Å². The van der Waals surface area contributed by atoms with Crippen LogP contribution in [0.5, 0.6) is 0 Å². The van der Waals surface area contributed by atoms with Crippen LogP contribution in [-0.2, 0) is 4.79 Å². The molecule has 0 heterocycles. The van der Waals surface area contributed by atoms with Crippen molar-refractivity contribution < 1.29 is 14.7 Å². The summed E-state index contributed by atoms with van der Waals surface area (Å²) in [5.41, 5.74) is 1.85. The lowest BCUT2D eigenvalue weighted by Crippen LogP contribution is -1.96. The summed E-state index contributed by atoms with van der Waals surface area (Å²) in [7, 11) is 0.